The summed E-state index contributed by atoms with van der Waals surface area (Å²) < 4.78 is 0. The predicted molar refractivity (Wildman–Crippen MR) is 286 cm³/mol. The van der Waals surface area contributed by atoms with E-state index in [2.05, 4.69) is 278 Å². The van der Waals surface area contributed by atoms with Crippen LogP contribution in [0.15, 0.2) is 273 Å². The lowest BCUT2D eigenvalue weighted by Crippen LogP contribution is -2.09. The Morgan fingerprint density at radius 2 is 0.582 bits per heavy atom. The van der Waals surface area contributed by atoms with E-state index in [1.54, 1.807) is 0 Å². The van der Waals surface area contributed by atoms with Gasteiger partial charge in [-0.15, -0.1) is 0 Å². The monoisotopic (exact) mass is 851 g/mol. The zero-order chi connectivity index (χ0) is 44.5. The molecule has 67 heavy (non-hydrogen) atoms. The Morgan fingerprint density at radius 1 is 0.194 bits per heavy atom. The maximum Gasteiger partial charge on any atom is 0.0462 e. The van der Waals surface area contributed by atoms with Crippen molar-refractivity contribution >= 4 is 49.4 Å². The largest absolute Gasteiger partial charge is 0.311 e. The Kier molecular flexibility index (Phi) is 10.3. The van der Waals surface area contributed by atoms with E-state index in [-0.39, 0.29) is 0 Å². The molecule has 0 atom stereocenters. The van der Waals surface area contributed by atoms with Crippen molar-refractivity contribution in [3.8, 4) is 66.8 Å². The highest BCUT2D eigenvalue weighted by atomic mass is 15.1. The number of fused-ring (bicyclic) bond motifs is 3. The van der Waals surface area contributed by atoms with Gasteiger partial charge in [-0.3, -0.25) is 0 Å². The van der Waals surface area contributed by atoms with Crippen LogP contribution in [0.2, 0.25) is 0 Å². The van der Waals surface area contributed by atoms with Crippen molar-refractivity contribution in [1.29, 1.82) is 0 Å². The molecule has 0 aliphatic heterocycles. The van der Waals surface area contributed by atoms with Crippen molar-refractivity contribution < 1.29 is 0 Å². The first-order valence-electron chi connectivity index (χ1n) is 23.1. The van der Waals surface area contributed by atoms with Gasteiger partial charge in [-0.1, -0.05) is 231 Å². The first kappa shape index (κ1) is 39.8. The molecule has 0 N–H and O–H groups in total. The van der Waals surface area contributed by atoms with Gasteiger partial charge < -0.3 is 4.90 Å². The summed E-state index contributed by atoms with van der Waals surface area (Å²) in [5.41, 5.74) is 17.8. The Balaban J connectivity index is 0.891. The van der Waals surface area contributed by atoms with E-state index in [1.165, 1.54) is 99.1 Å². The summed E-state index contributed by atoms with van der Waals surface area (Å²) in [5.74, 6) is 0. The van der Waals surface area contributed by atoms with Gasteiger partial charge in [0.1, 0.15) is 0 Å². The maximum atomic E-state index is 2.37. The molecular formula is C66H45N. The topological polar surface area (TPSA) is 3.24 Å². The molecule has 1 nitrogen and oxygen atoms in total. The Labute approximate surface area is 392 Å². The van der Waals surface area contributed by atoms with E-state index in [0.29, 0.717) is 0 Å². The molecule has 314 valence electrons. The lowest BCUT2D eigenvalue weighted by Gasteiger charge is -2.26. The van der Waals surface area contributed by atoms with E-state index in [1.807, 2.05) is 0 Å². The van der Waals surface area contributed by atoms with Crippen LogP contribution in [0.5, 0.6) is 0 Å². The molecule has 0 heterocycles. The van der Waals surface area contributed by atoms with Crippen molar-refractivity contribution in [2.45, 2.75) is 0 Å². The number of hydrogen-bond acceptors (Lipinski definition) is 1. The highest BCUT2D eigenvalue weighted by Crippen LogP contribution is 2.42. The minimum atomic E-state index is 1.09. The summed E-state index contributed by atoms with van der Waals surface area (Å²) in [6.07, 6.45) is 0. The van der Waals surface area contributed by atoms with Crippen LogP contribution in [0.1, 0.15) is 0 Å². The molecule has 12 aromatic carbocycles. The van der Waals surface area contributed by atoms with E-state index < -0.39 is 0 Å². The summed E-state index contributed by atoms with van der Waals surface area (Å²) in [6, 6.07) is 99.4. The molecular weight excluding hydrogens is 807 g/mol. The SMILES string of the molecule is c1ccc(-c2ccc3ccccc3c2-c2ccc(N(c3ccc(-c4ccc(-c5ccc6ccccc6c5)cc4)cc3)c3ccc(-c4ccc(-c5cccc6ccccc56)cc4)cc3)cc2)cc1. The smallest absolute Gasteiger partial charge is 0.0462 e. The van der Waals surface area contributed by atoms with Crippen molar-refractivity contribution in [3.63, 3.8) is 0 Å². The fourth-order valence-electron chi connectivity index (χ4n) is 9.81. The maximum absolute atomic E-state index is 2.37. The summed E-state index contributed by atoms with van der Waals surface area (Å²) >= 11 is 0. The molecule has 0 amide bonds. The summed E-state index contributed by atoms with van der Waals surface area (Å²) in [5, 5.41) is 7.51. The van der Waals surface area contributed by atoms with Crippen LogP contribution < -0.4 is 4.90 Å². The highest BCUT2D eigenvalue weighted by Gasteiger charge is 2.17. The van der Waals surface area contributed by atoms with Gasteiger partial charge in [0.2, 0.25) is 0 Å². The van der Waals surface area contributed by atoms with Crippen molar-refractivity contribution in [2.75, 3.05) is 4.90 Å². The highest BCUT2D eigenvalue weighted by molar-refractivity contribution is 6.04. The van der Waals surface area contributed by atoms with Crippen molar-refractivity contribution in [3.05, 3.63) is 273 Å². The van der Waals surface area contributed by atoms with Gasteiger partial charge in [0.05, 0.1) is 0 Å². The zero-order valence-electron chi connectivity index (χ0n) is 36.9. The molecule has 0 bridgehead atoms. The lowest BCUT2D eigenvalue weighted by molar-refractivity contribution is 1.28. The van der Waals surface area contributed by atoms with Gasteiger partial charge >= 0.3 is 0 Å². The number of anilines is 3. The molecule has 0 saturated heterocycles. The molecule has 0 aromatic heterocycles. The van der Waals surface area contributed by atoms with Gasteiger partial charge in [-0.25, -0.2) is 0 Å². The third kappa shape index (κ3) is 7.73. The van der Waals surface area contributed by atoms with Gasteiger partial charge in [0.15, 0.2) is 0 Å². The average Bonchev–Trinajstić information content (AvgIpc) is 3.41. The second-order valence-electron chi connectivity index (χ2n) is 17.3. The molecule has 0 fully saturated rings. The Hall–Kier alpha value is -8.78. The summed E-state index contributed by atoms with van der Waals surface area (Å²) in [6.45, 7) is 0. The molecule has 12 rings (SSSR count). The summed E-state index contributed by atoms with van der Waals surface area (Å²) in [4.78, 5) is 2.37. The van der Waals surface area contributed by atoms with Crippen LogP contribution in [0, 0.1) is 0 Å². The van der Waals surface area contributed by atoms with Gasteiger partial charge in [0.25, 0.3) is 0 Å². The van der Waals surface area contributed by atoms with Crippen LogP contribution in [-0.2, 0) is 0 Å². The molecule has 0 saturated carbocycles. The quantitative estimate of drug-likeness (QED) is 0.140. The van der Waals surface area contributed by atoms with Gasteiger partial charge in [0, 0.05) is 17.1 Å². The van der Waals surface area contributed by atoms with Crippen LogP contribution in [0.25, 0.3) is 99.1 Å². The number of hydrogen-bond donors (Lipinski definition) is 0. The molecule has 0 radical (unpaired) electrons. The molecule has 0 aliphatic carbocycles. The van der Waals surface area contributed by atoms with E-state index in [4.69, 9.17) is 0 Å². The molecule has 12 aromatic rings. The fourth-order valence-corrected chi connectivity index (χ4v) is 9.81. The second-order valence-corrected chi connectivity index (χ2v) is 17.3. The minimum absolute atomic E-state index is 1.09. The number of benzene rings is 12. The second kappa shape index (κ2) is 17.3. The number of nitrogens with zero attached hydrogens (tertiary/aromatic N) is 1. The third-order valence-corrected chi connectivity index (χ3v) is 13.3. The first-order chi connectivity index (χ1) is 33.2. The van der Waals surface area contributed by atoms with E-state index in [9.17, 15) is 0 Å². The van der Waals surface area contributed by atoms with Gasteiger partial charge in [-0.2, -0.15) is 0 Å². The molecule has 0 unspecified atom stereocenters. The first-order valence-corrected chi connectivity index (χ1v) is 23.1. The molecule has 0 aliphatic rings. The van der Waals surface area contributed by atoms with Crippen LogP contribution in [0.3, 0.4) is 0 Å². The standard InChI is InChI=1S/C66H45N/c1-2-12-53(13-3-1)65-44-37-54-15-7-9-19-64(54)66(65)56-35-42-61(43-36-56)67(59-38-31-49(32-39-59)47-21-23-51(24-22-47)58-30-27-46-11-4-5-16-57(46)45-58)60-40-33-50(34-41-60)48-25-28-55(29-26-48)63-20-10-17-52-14-6-8-18-62(52)63/h1-45H. The third-order valence-electron chi connectivity index (χ3n) is 13.3. The lowest BCUT2D eigenvalue weighted by atomic mass is 9.89. The number of rotatable bonds is 9. The molecule has 0 spiro atoms. The normalized spacial score (nSPS) is 11.3. The predicted octanol–water partition coefficient (Wildman–Crippen LogP) is 18.6. The average molecular weight is 852 g/mol. The van der Waals surface area contributed by atoms with Crippen molar-refractivity contribution in [2.24, 2.45) is 0 Å². The van der Waals surface area contributed by atoms with E-state index in [0.717, 1.165) is 17.1 Å². The summed E-state index contributed by atoms with van der Waals surface area (Å²) in [7, 11) is 0. The Morgan fingerprint density at radius 3 is 1.18 bits per heavy atom. The van der Waals surface area contributed by atoms with Crippen LogP contribution in [0.4, 0.5) is 17.1 Å². The Bertz CT molecular complexity index is 3680. The fraction of sp³-hybridized carbons (Fsp3) is 0. The van der Waals surface area contributed by atoms with Crippen LogP contribution in [-0.4, -0.2) is 0 Å². The van der Waals surface area contributed by atoms with E-state index >= 15 is 0 Å². The van der Waals surface area contributed by atoms with Crippen LogP contribution >= 0.6 is 0 Å². The molecule has 1 heteroatoms. The zero-order valence-corrected chi connectivity index (χ0v) is 36.9. The van der Waals surface area contributed by atoms with Crippen molar-refractivity contribution in [1.82, 2.24) is 0 Å². The van der Waals surface area contributed by atoms with Gasteiger partial charge in [-0.05, 0) is 142 Å². The minimum Gasteiger partial charge on any atom is -0.311 e.